The molecule has 1 heterocycles. The van der Waals surface area contributed by atoms with Crippen LogP contribution in [0.4, 0.5) is 0 Å². The summed E-state index contributed by atoms with van der Waals surface area (Å²) in [7, 11) is 0. The second-order valence-corrected chi connectivity index (χ2v) is 6.72. The maximum Gasteiger partial charge on any atom is 0.224 e. The number of aryl methyl sites for hydroxylation is 1. The summed E-state index contributed by atoms with van der Waals surface area (Å²) in [5, 5.41) is 2.95. The molecule has 0 bridgehead atoms. The molecule has 1 aromatic rings. The van der Waals surface area contributed by atoms with E-state index in [9.17, 15) is 4.79 Å². The highest BCUT2D eigenvalue weighted by molar-refractivity contribution is 7.09. The van der Waals surface area contributed by atoms with Crippen LogP contribution in [0.15, 0.2) is 5.51 Å². The lowest BCUT2D eigenvalue weighted by molar-refractivity contribution is -0.125. The van der Waals surface area contributed by atoms with Crippen molar-refractivity contribution in [3.8, 4) is 0 Å². The summed E-state index contributed by atoms with van der Waals surface area (Å²) in [6.07, 6.45) is 0.803. The van der Waals surface area contributed by atoms with E-state index in [1.807, 2.05) is 6.92 Å². The van der Waals surface area contributed by atoms with Gasteiger partial charge in [-0.3, -0.25) is 4.79 Å². The average molecular weight is 269 g/mol. The van der Waals surface area contributed by atoms with Gasteiger partial charge < -0.3 is 11.1 Å². The zero-order chi connectivity index (χ0) is 13.8. The smallest absolute Gasteiger partial charge is 0.224 e. The molecule has 1 rings (SSSR count). The number of hydrogen-bond acceptors (Lipinski definition) is 4. The van der Waals surface area contributed by atoms with Gasteiger partial charge in [0.15, 0.2) is 0 Å². The molecule has 5 heteroatoms. The molecular formula is C13H23N3OS. The molecule has 0 saturated heterocycles. The number of rotatable bonds is 5. The first kappa shape index (κ1) is 15.1. The Morgan fingerprint density at radius 1 is 1.56 bits per heavy atom. The van der Waals surface area contributed by atoms with Gasteiger partial charge in [-0.1, -0.05) is 20.8 Å². The number of nitrogens with two attached hydrogens (primary N) is 1. The Balaban J connectivity index is 2.51. The van der Waals surface area contributed by atoms with E-state index in [1.165, 1.54) is 0 Å². The maximum atomic E-state index is 12.1. The lowest BCUT2D eigenvalue weighted by atomic mass is 9.84. The molecular weight excluding hydrogens is 246 g/mol. The van der Waals surface area contributed by atoms with Gasteiger partial charge in [-0.25, -0.2) is 4.98 Å². The minimum Gasteiger partial charge on any atom is -0.351 e. The van der Waals surface area contributed by atoms with Crippen molar-refractivity contribution in [2.24, 2.45) is 17.1 Å². The van der Waals surface area contributed by atoms with Crippen LogP contribution in [-0.4, -0.2) is 17.4 Å². The number of thiazole rings is 1. The van der Waals surface area contributed by atoms with Crippen molar-refractivity contribution >= 4 is 17.2 Å². The van der Waals surface area contributed by atoms with E-state index >= 15 is 0 Å². The molecule has 1 atom stereocenters. The normalized spacial score (nSPS) is 13.4. The Labute approximate surface area is 113 Å². The lowest BCUT2D eigenvalue weighted by Gasteiger charge is -2.24. The third-order valence-electron chi connectivity index (χ3n) is 2.78. The molecule has 1 unspecified atom stereocenters. The first-order valence-corrected chi connectivity index (χ1v) is 7.08. The van der Waals surface area contributed by atoms with Gasteiger partial charge >= 0.3 is 0 Å². The van der Waals surface area contributed by atoms with Crippen LogP contribution in [0.5, 0.6) is 0 Å². The largest absolute Gasteiger partial charge is 0.351 e. The van der Waals surface area contributed by atoms with Crippen LogP contribution in [0, 0.1) is 18.3 Å². The summed E-state index contributed by atoms with van der Waals surface area (Å²) in [5.41, 5.74) is 8.59. The molecule has 0 radical (unpaired) electrons. The summed E-state index contributed by atoms with van der Waals surface area (Å²) in [4.78, 5) is 17.3. The molecule has 0 aliphatic heterocycles. The molecule has 0 saturated carbocycles. The van der Waals surface area contributed by atoms with E-state index in [2.05, 4.69) is 31.1 Å². The zero-order valence-corrected chi connectivity index (χ0v) is 12.4. The number of hydrogen-bond donors (Lipinski definition) is 2. The topological polar surface area (TPSA) is 68.0 Å². The fraction of sp³-hybridized carbons (Fsp3) is 0.692. The standard InChI is InChI=1S/C13H23N3OS/c1-9-11(18-8-16-9)7-15-12(17)10(6-14)5-13(2,3)4/h8,10H,5-7,14H2,1-4H3,(H,15,17). The summed E-state index contributed by atoms with van der Waals surface area (Å²) in [5.74, 6) is -0.0709. The van der Waals surface area contributed by atoms with Crippen molar-refractivity contribution in [2.45, 2.75) is 40.7 Å². The third kappa shape index (κ3) is 4.74. The molecule has 3 N–H and O–H groups in total. The van der Waals surface area contributed by atoms with Crippen LogP contribution in [-0.2, 0) is 11.3 Å². The number of carbonyl (C=O) groups excluding carboxylic acids is 1. The van der Waals surface area contributed by atoms with E-state index < -0.39 is 0 Å². The van der Waals surface area contributed by atoms with Crippen LogP contribution >= 0.6 is 11.3 Å². The Bertz CT molecular complexity index is 395. The highest BCUT2D eigenvalue weighted by Gasteiger charge is 2.23. The Kier molecular flexibility index (Phi) is 5.28. The summed E-state index contributed by atoms with van der Waals surface area (Å²) < 4.78 is 0. The van der Waals surface area contributed by atoms with E-state index in [0.717, 1.165) is 17.0 Å². The first-order chi connectivity index (χ1) is 8.33. The molecule has 0 spiro atoms. The van der Waals surface area contributed by atoms with Crippen molar-refractivity contribution < 1.29 is 4.79 Å². The number of nitrogens with zero attached hydrogens (tertiary/aromatic N) is 1. The fourth-order valence-corrected chi connectivity index (χ4v) is 2.55. The Hall–Kier alpha value is -0.940. The third-order valence-corrected chi connectivity index (χ3v) is 3.72. The monoisotopic (exact) mass is 269 g/mol. The van der Waals surface area contributed by atoms with Gasteiger partial charge in [0.25, 0.3) is 0 Å². The SMILES string of the molecule is Cc1ncsc1CNC(=O)C(CN)CC(C)(C)C. The predicted octanol–water partition coefficient (Wildman–Crippen LogP) is 2.08. The number of amides is 1. The predicted molar refractivity (Wildman–Crippen MR) is 75.3 cm³/mol. The van der Waals surface area contributed by atoms with Gasteiger partial charge in [0.1, 0.15) is 0 Å². The van der Waals surface area contributed by atoms with E-state index in [-0.39, 0.29) is 17.2 Å². The van der Waals surface area contributed by atoms with Crippen LogP contribution in [0.1, 0.15) is 37.8 Å². The second kappa shape index (κ2) is 6.29. The summed E-state index contributed by atoms with van der Waals surface area (Å²) >= 11 is 1.57. The van der Waals surface area contributed by atoms with Crippen LogP contribution in [0.3, 0.4) is 0 Å². The number of carbonyl (C=O) groups is 1. The van der Waals surface area contributed by atoms with Gasteiger partial charge in [-0.05, 0) is 18.8 Å². The molecule has 1 amide bonds. The van der Waals surface area contributed by atoms with Crippen LogP contribution < -0.4 is 11.1 Å². The van der Waals surface area contributed by atoms with Gasteiger partial charge in [0, 0.05) is 11.4 Å². The van der Waals surface area contributed by atoms with E-state index in [1.54, 1.807) is 16.8 Å². The molecule has 0 aliphatic rings. The Morgan fingerprint density at radius 2 is 2.22 bits per heavy atom. The van der Waals surface area contributed by atoms with Gasteiger partial charge in [-0.15, -0.1) is 11.3 Å². The first-order valence-electron chi connectivity index (χ1n) is 6.20. The van der Waals surface area contributed by atoms with Gasteiger partial charge in [0.2, 0.25) is 5.91 Å². The minimum absolute atomic E-state index is 0.0419. The van der Waals surface area contributed by atoms with Crippen LogP contribution in [0.25, 0.3) is 0 Å². The van der Waals surface area contributed by atoms with Crippen molar-refractivity contribution in [3.05, 3.63) is 16.1 Å². The second-order valence-electron chi connectivity index (χ2n) is 5.78. The quantitative estimate of drug-likeness (QED) is 0.860. The van der Waals surface area contributed by atoms with Crippen molar-refractivity contribution in [3.63, 3.8) is 0 Å². The maximum absolute atomic E-state index is 12.1. The highest BCUT2D eigenvalue weighted by atomic mass is 32.1. The Morgan fingerprint density at radius 3 is 2.67 bits per heavy atom. The molecule has 1 aromatic heterocycles. The zero-order valence-electron chi connectivity index (χ0n) is 11.6. The highest BCUT2D eigenvalue weighted by Crippen LogP contribution is 2.24. The summed E-state index contributed by atoms with van der Waals surface area (Å²) in [6.45, 7) is 9.26. The molecule has 4 nitrogen and oxygen atoms in total. The minimum atomic E-state index is -0.113. The lowest BCUT2D eigenvalue weighted by Crippen LogP contribution is -2.36. The van der Waals surface area contributed by atoms with Crippen molar-refractivity contribution in [2.75, 3.05) is 6.54 Å². The van der Waals surface area contributed by atoms with Gasteiger partial charge in [0.05, 0.1) is 23.7 Å². The van der Waals surface area contributed by atoms with Gasteiger partial charge in [-0.2, -0.15) is 0 Å². The van der Waals surface area contributed by atoms with Crippen molar-refractivity contribution in [1.82, 2.24) is 10.3 Å². The molecule has 0 fully saturated rings. The van der Waals surface area contributed by atoms with E-state index in [4.69, 9.17) is 5.73 Å². The number of nitrogens with one attached hydrogen (secondary N) is 1. The van der Waals surface area contributed by atoms with Crippen LogP contribution in [0.2, 0.25) is 0 Å². The van der Waals surface area contributed by atoms with E-state index in [0.29, 0.717) is 13.1 Å². The average Bonchev–Trinajstić information content (AvgIpc) is 2.67. The van der Waals surface area contributed by atoms with Crippen molar-refractivity contribution in [1.29, 1.82) is 0 Å². The molecule has 0 aromatic carbocycles. The molecule has 18 heavy (non-hydrogen) atoms. The molecule has 102 valence electrons. The number of aromatic nitrogens is 1. The molecule has 0 aliphatic carbocycles. The summed E-state index contributed by atoms with van der Waals surface area (Å²) in [6, 6.07) is 0. The fourth-order valence-electron chi connectivity index (χ4n) is 1.83.